The molecule has 2 atom stereocenters. The molecule has 3 aromatic rings. The molecule has 0 spiro atoms. The first-order valence-corrected chi connectivity index (χ1v) is 12.0. The van der Waals surface area contributed by atoms with Crippen LogP contribution in [-0.4, -0.2) is 41.0 Å². The molecule has 172 valence electrons. The number of ether oxygens (including phenoxy) is 1. The molecule has 2 aromatic carbocycles. The fourth-order valence-corrected chi connectivity index (χ4v) is 5.10. The number of carbonyl (C=O) groups excluding carboxylic acids is 1. The molecule has 1 fully saturated rings. The third-order valence-corrected chi connectivity index (χ3v) is 6.60. The molecule has 1 N–H and O–H groups in total. The minimum atomic E-state index is -0.142. The van der Waals surface area contributed by atoms with E-state index in [0.29, 0.717) is 28.4 Å². The third-order valence-electron chi connectivity index (χ3n) is 5.66. The van der Waals surface area contributed by atoms with Gasteiger partial charge in [-0.1, -0.05) is 23.5 Å². The van der Waals surface area contributed by atoms with Crippen LogP contribution >= 0.6 is 11.3 Å². The van der Waals surface area contributed by atoms with Crippen molar-refractivity contribution in [2.24, 2.45) is 0 Å². The van der Waals surface area contributed by atoms with Gasteiger partial charge in [0.25, 0.3) is 11.1 Å². The Morgan fingerprint density at radius 2 is 1.76 bits per heavy atom. The third kappa shape index (κ3) is 5.43. The van der Waals surface area contributed by atoms with E-state index in [0.717, 1.165) is 23.4 Å². The zero-order valence-electron chi connectivity index (χ0n) is 19.1. The summed E-state index contributed by atoms with van der Waals surface area (Å²) < 4.78 is 5.79. The molecule has 0 bridgehead atoms. The largest absolute Gasteiger partial charge is 0.467 e. The number of hydrogen-bond donors (Lipinski definition) is 1. The number of rotatable bonds is 7. The van der Waals surface area contributed by atoms with E-state index >= 15 is 0 Å². The molecule has 1 aliphatic heterocycles. The first kappa shape index (κ1) is 23.4. The van der Waals surface area contributed by atoms with Gasteiger partial charge in [0, 0.05) is 35.8 Å². The molecule has 4 rings (SSSR count). The zero-order valence-corrected chi connectivity index (χ0v) is 19.9. The molecule has 0 aliphatic carbocycles. The molecule has 7 nitrogen and oxygen atoms in total. The summed E-state index contributed by atoms with van der Waals surface area (Å²) in [6.07, 6.45) is 2.72. The smallest absolute Gasteiger partial charge is 0.273 e. The quantitative estimate of drug-likeness (QED) is 0.552. The lowest BCUT2D eigenvalue weighted by Gasteiger charge is -2.27. The maximum atomic E-state index is 12.7. The van der Waals surface area contributed by atoms with Gasteiger partial charge >= 0.3 is 0 Å². The summed E-state index contributed by atoms with van der Waals surface area (Å²) in [7, 11) is 0. The second-order valence-corrected chi connectivity index (χ2v) is 9.50. The monoisotopic (exact) mass is 471 g/mol. The highest BCUT2D eigenvalue weighted by molar-refractivity contribution is 7.13. The van der Waals surface area contributed by atoms with Crippen molar-refractivity contribution in [1.82, 2.24) is 15.2 Å². The van der Waals surface area contributed by atoms with Crippen LogP contribution in [0.25, 0.3) is 0 Å². The van der Waals surface area contributed by atoms with Gasteiger partial charge in [-0.3, -0.25) is 9.69 Å². The van der Waals surface area contributed by atoms with E-state index < -0.39 is 0 Å². The summed E-state index contributed by atoms with van der Waals surface area (Å²) >= 11 is 1.52. The zero-order chi connectivity index (χ0) is 24.1. The molecule has 2 heterocycles. The summed E-state index contributed by atoms with van der Waals surface area (Å²) in [6, 6.07) is 18.5. The summed E-state index contributed by atoms with van der Waals surface area (Å²) in [5.74, 6) is -0.142. The predicted molar refractivity (Wildman–Crippen MR) is 129 cm³/mol. The molecule has 1 unspecified atom stereocenters. The van der Waals surface area contributed by atoms with Gasteiger partial charge in [-0.25, -0.2) is 4.98 Å². The van der Waals surface area contributed by atoms with E-state index in [1.807, 2.05) is 44.3 Å². The number of nitrogens with zero attached hydrogens (tertiary/aromatic N) is 4. The number of nitriles is 2. The van der Waals surface area contributed by atoms with Crippen LogP contribution in [-0.2, 0) is 0 Å². The van der Waals surface area contributed by atoms with E-state index in [4.69, 9.17) is 10.00 Å². The molecule has 1 saturated heterocycles. The maximum Gasteiger partial charge on any atom is 0.273 e. The molecule has 1 aromatic heterocycles. The molecular formula is C26H25N5O2S. The average Bonchev–Trinajstić information content (AvgIpc) is 3.49. The van der Waals surface area contributed by atoms with Crippen molar-refractivity contribution < 1.29 is 9.53 Å². The van der Waals surface area contributed by atoms with Crippen molar-refractivity contribution in [3.8, 4) is 17.3 Å². The van der Waals surface area contributed by atoms with Crippen molar-refractivity contribution in [2.45, 2.75) is 38.5 Å². The normalized spacial score (nSPS) is 16.6. The summed E-state index contributed by atoms with van der Waals surface area (Å²) in [5, 5.41) is 21.9. The summed E-state index contributed by atoms with van der Waals surface area (Å²) in [6.45, 7) is 5.44. The van der Waals surface area contributed by atoms with Gasteiger partial charge in [0.1, 0.15) is 0 Å². The van der Waals surface area contributed by atoms with Crippen molar-refractivity contribution in [3.05, 3.63) is 81.9 Å². The van der Waals surface area contributed by atoms with E-state index in [2.05, 4.69) is 27.3 Å². The van der Waals surface area contributed by atoms with Gasteiger partial charge in [0.05, 0.1) is 35.4 Å². The SMILES string of the molecule is CC(C)Oc1ncc([C@@H](c2ccc(C#N)cc2)N2CCC(NC(=O)c3ccc(C#N)cc3)C2)s1. The Morgan fingerprint density at radius 3 is 2.38 bits per heavy atom. The lowest BCUT2D eigenvalue weighted by Crippen LogP contribution is -2.38. The maximum absolute atomic E-state index is 12.7. The van der Waals surface area contributed by atoms with Crippen molar-refractivity contribution in [1.29, 1.82) is 10.5 Å². The van der Waals surface area contributed by atoms with Gasteiger partial charge < -0.3 is 10.1 Å². The first-order chi connectivity index (χ1) is 16.5. The Morgan fingerprint density at radius 1 is 1.12 bits per heavy atom. The Bertz CT molecular complexity index is 1220. The highest BCUT2D eigenvalue weighted by atomic mass is 32.1. The highest BCUT2D eigenvalue weighted by Gasteiger charge is 2.32. The fourth-order valence-electron chi connectivity index (χ4n) is 4.05. The van der Waals surface area contributed by atoms with Gasteiger partial charge in [-0.15, -0.1) is 0 Å². The van der Waals surface area contributed by atoms with Crippen LogP contribution in [0.1, 0.15) is 58.2 Å². The van der Waals surface area contributed by atoms with Crippen LogP contribution in [0.3, 0.4) is 0 Å². The Labute approximate surface area is 203 Å². The minimum absolute atomic E-state index is 0.00308. The van der Waals surface area contributed by atoms with Crippen molar-refractivity contribution >= 4 is 17.2 Å². The second kappa shape index (κ2) is 10.5. The lowest BCUT2D eigenvalue weighted by atomic mass is 10.0. The number of benzene rings is 2. The molecule has 1 aliphatic rings. The topological polar surface area (TPSA) is 102 Å². The predicted octanol–water partition coefficient (Wildman–Crippen LogP) is 4.27. The summed E-state index contributed by atoms with van der Waals surface area (Å²) in [5.41, 5.74) is 2.75. The molecule has 1 amide bonds. The Hall–Kier alpha value is -3.72. The van der Waals surface area contributed by atoms with Gasteiger partial charge in [0.15, 0.2) is 0 Å². The highest BCUT2D eigenvalue weighted by Crippen LogP contribution is 2.37. The van der Waals surface area contributed by atoms with Gasteiger partial charge in [0.2, 0.25) is 0 Å². The number of carbonyl (C=O) groups is 1. The van der Waals surface area contributed by atoms with Crippen LogP contribution in [0.5, 0.6) is 5.19 Å². The number of aromatic nitrogens is 1. The summed E-state index contributed by atoms with van der Waals surface area (Å²) in [4.78, 5) is 20.6. The van der Waals surface area contributed by atoms with Crippen LogP contribution in [0.2, 0.25) is 0 Å². The van der Waals surface area contributed by atoms with Crippen LogP contribution in [0.4, 0.5) is 0 Å². The number of likely N-dealkylation sites (tertiary alicyclic amines) is 1. The van der Waals surface area contributed by atoms with E-state index in [9.17, 15) is 10.1 Å². The van der Waals surface area contributed by atoms with Crippen LogP contribution in [0.15, 0.2) is 54.7 Å². The van der Waals surface area contributed by atoms with Crippen molar-refractivity contribution in [3.63, 3.8) is 0 Å². The van der Waals surface area contributed by atoms with Crippen LogP contribution in [0, 0.1) is 22.7 Å². The first-order valence-electron chi connectivity index (χ1n) is 11.1. The molecular weight excluding hydrogens is 446 g/mol. The minimum Gasteiger partial charge on any atom is -0.467 e. The molecule has 34 heavy (non-hydrogen) atoms. The number of thiazole rings is 1. The van der Waals surface area contributed by atoms with E-state index in [1.165, 1.54) is 11.3 Å². The molecule has 0 radical (unpaired) electrons. The second-order valence-electron chi connectivity index (χ2n) is 8.47. The standard InChI is InChI=1S/C26H25N5O2S/c1-17(2)33-26-29-15-23(34-26)24(20-7-3-18(13-27)4-8-20)31-12-11-22(16-31)30-25(32)21-9-5-19(14-28)6-10-21/h3-10,15,17,22,24H,11-12,16H2,1-2H3,(H,30,32)/t22?,24-/m1/s1. The van der Waals surface area contributed by atoms with Crippen molar-refractivity contribution in [2.75, 3.05) is 13.1 Å². The van der Waals surface area contributed by atoms with E-state index in [1.54, 1.807) is 24.3 Å². The van der Waals surface area contributed by atoms with Gasteiger partial charge in [-0.05, 0) is 62.2 Å². The number of nitrogens with one attached hydrogen (secondary N) is 1. The fraction of sp³-hybridized carbons (Fsp3) is 0.308. The Balaban J connectivity index is 1.52. The van der Waals surface area contributed by atoms with Gasteiger partial charge in [-0.2, -0.15) is 10.5 Å². The number of hydrogen-bond acceptors (Lipinski definition) is 7. The molecule has 8 heteroatoms. The lowest BCUT2D eigenvalue weighted by molar-refractivity contribution is 0.0937. The van der Waals surface area contributed by atoms with E-state index in [-0.39, 0.29) is 24.1 Å². The van der Waals surface area contributed by atoms with Crippen LogP contribution < -0.4 is 10.1 Å². The molecule has 0 saturated carbocycles. The average molecular weight is 472 g/mol. The Kier molecular flexibility index (Phi) is 7.22. The number of amides is 1.